The molecule has 5 rings (SSSR count). The van der Waals surface area contributed by atoms with Crippen LogP contribution in [0, 0.1) is 13.8 Å². The number of halogens is 1. The van der Waals surface area contributed by atoms with E-state index in [2.05, 4.69) is 11.4 Å². The van der Waals surface area contributed by atoms with Crippen LogP contribution in [-0.2, 0) is 16.1 Å². The number of rotatable bonds is 11. The van der Waals surface area contributed by atoms with E-state index in [9.17, 15) is 4.79 Å². The molecule has 3 aromatic carbocycles. The van der Waals surface area contributed by atoms with Crippen molar-refractivity contribution in [1.29, 1.82) is 0 Å². The van der Waals surface area contributed by atoms with Gasteiger partial charge in [-0.1, -0.05) is 35.9 Å². The van der Waals surface area contributed by atoms with Crippen molar-refractivity contribution in [2.45, 2.75) is 45.7 Å². The Kier molecular flexibility index (Phi) is 11.5. The molecule has 1 fully saturated rings. The number of methoxy groups -OCH3 is 1. The smallest absolute Gasteiger partial charge is 0.290 e. The summed E-state index contributed by atoms with van der Waals surface area (Å²) in [6.07, 6.45) is 2.91. The van der Waals surface area contributed by atoms with E-state index < -0.39 is 0 Å². The van der Waals surface area contributed by atoms with E-state index in [4.69, 9.17) is 35.7 Å². The normalized spacial score (nSPS) is 14.3. The molecule has 0 spiro atoms. The van der Waals surface area contributed by atoms with Crippen LogP contribution in [0.3, 0.4) is 0 Å². The van der Waals surface area contributed by atoms with Crippen LogP contribution in [0.2, 0.25) is 5.02 Å². The van der Waals surface area contributed by atoms with Gasteiger partial charge in [0.1, 0.15) is 30.5 Å². The number of carbonyl (C=O) groups excluding carboxylic acids is 1. The van der Waals surface area contributed by atoms with Crippen molar-refractivity contribution < 1.29 is 28.9 Å². The first-order valence-electron chi connectivity index (χ1n) is 14.4. The molecule has 1 aliphatic heterocycles. The van der Waals surface area contributed by atoms with E-state index >= 15 is 0 Å². The number of hydrogen-bond acceptors (Lipinski definition) is 6. The summed E-state index contributed by atoms with van der Waals surface area (Å²) in [5.41, 5.74) is 6.39. The van der Waals surface area contributed by atoms with E-state index in [0.29, 0.717) is 43.1 Å². The van der Waals surface area contributed by atoms with Gasteiger partial charge in [0.15, 0.2) is 0 Å². The maximum atomic E-state index is 13.9. The molecule has 0 bridgehead atoms. The number of nitrogens with zero attached hydrogens (tertiary/aromatic N) is 1. The Morgan fingerprint density at radius 3 is 2.42 bits per heavy atom. The van der Waals surface area contributed by atoms with E-state index in [1.54, 1.807) is 7.11 Å². The quantitative estimate of drug-likeness (QED) is 0.202. The van der Waals surface area contributed by atoms with Crippen LogP contribution in [-0.4, -0.2) is 61.8 Å². The van der Waals surface area contributed by atoms with Crippen molar-refractivity contribution in [3.05, 3.63) is 93.5 Å². The summed E-state index contributed by atoms with van der Waals surface area (Å²) in [4.78, 5) is 24.3. The molecule has 1 saturated carbocycles. The maximum Gasteiger partial charge on any atom is 0.290 e. The molecule has 0 radical (unpaired) electrons. The van der Waals surface area contributed by atoms with Gasteiger partial charge in [-0.25, -0.2) is 0 Å². The molecular formula is C34H39ClN2O6. The molecule has 8 nitrogen and oxygen atoms in total. The van der Waals surface area contributed by atoms with Crippen LogP contribution < -0.4 is 19.5 Å². The van der Waals surface area contributed by atoms with Crippen molar-refractivity contribution in [2.75, 3.05) is 33.4 Å². The first kappa shape index (κ1) is 31.9. The predicted molar refractivity (Wildman–Crippen MR) is 168 cm³/mol. The second-order valence-corrected chi connectivity index (χ2v) is 11.0. The fourth-order valence-electron chi connectivity index (χ4n) is 5.03. The molecule has 0 atom stereocenters. The Hall–Kier alpha value is -4.01. The third-order valence-corrected chi connectivity index (χ3v) is 7.87. The monoisotopic (exact) mass is 606 g/mol. The number of hydrogen-bond donors (Lipinski definition) is 2. The molecular weight excluding hydrogens is 568 g/mol. The molecule has 1 heterocycles. The van der Waals surface area contributed by atoms with Gasteiger partial charge in [-0.2, -0.15) is 0 Å². The van der Waals surface area contributed by atoms with Crippen molar-refractivity contribution in [2.24, 2.45) is 0 Å². The second-order valence-electron chi connectivity index (χ2n) is 10.6. The van der Waals surface area contributed by atoms with Gasteiger partial charge in [0.2, 0.25) is 0 Å². The lowest BCUT2D eigenvalue weighted by molar-refractivity contribution is -0.128. The molecule has 3 aromatic rings. The minimum absolute atomic E-state index is 0.120. The van der Waals surface area contributed by atoms with Crippen LogP contribution in [0.1, 0.15) is 41.5 Å². The zero-order valence-corrected chi connectivity index (χ0v) is 25.7. The van der Waals surface area contributed by atoms with Crippen molar-refractivity contribution in [3.63, 3.8) is 0 Å². The van der Waals surface area contributed by atoms with Gasteiger partial charge in [-0.05, 0) is 104 Å². The summed E-state index contributed by atoms with van der Waals surface area (Å²) in [5, 5.41) is 10.9. The number of amides is 1. The van der Waals surface area contributed by atoms with Gasteiger partial charge in [0.25, 0.3) is 12.4 Å². The Balaban J connectivity index is 0.00000135. The van der Waals surface area contributed by atoms with Crippen molar-refractivity contribution in [3.8, 4) is 17.2 Å². The van der Waals surface area contributed by atoms with Crippen molar-refractivity contribution >= 4 is 29.6 Å². The van der Waals surface area contributed by atoms with Gasteiger partial charge < -0.3 is 29.5 Å². The van der Waals surface area contributed by atoms with Gasteiger partial charge in [-0.3, -0.25) is 9.59 Å². The SMILES string of the molecule is COc1cccc(CN(C(=O)C2=C(c3ccc(OCCOc4cc(C)c(C)cc4Cl)cc3)CCNC2)C2CC2)c1.O=CO. The van der Waals surface area contributed by atoms with Crippen LogP contribution in [0.25, 0.3) is 5.57 Å². The van der Waals surface area contributed by atoms with Gasteiger partial charge in [0, 0.05) is 24.7 Å². The highest BCUT2D eigenvalue weighted by Crippen LogP contribution is 2.34. The molecule has 2 N–H and O–H groups in total. The summed E-state index contributed by atoms with van der Waals surface area (Å²) in [6, 6.07) is 20.2. The number of nitrogens with one attached hydrogen (secondary N) is 1. The highest BCUT2D eigenvalue weighted by Gasteiger charge is 2.35. The topological polar surface area (TPSA) is 97.3 Å². The lowest BCUT2D eigenvalue weighted by Crippen LogP contribution is -2.39. The zero-order valence-electron chi connectivity index (χ0n) is 24.9. The number of carbonyl (C=O) groups is 2. The molecule has 228 valence electrons. The summed E-state index contributed by atoms with van der Waals surface area (Å²) in [7, 11) is 1.67. The standard InChI is InChI=1S/C33H37ClN2O4.CH2O2/c1-22-17-31(34)32(18-23(22)2)40-16-15-39-27-11-7-25(8-12-27)29-13-14-35-20-30(29)33(37)36(26-9-10-26)21-24-5-4-6-28(19-24)38-3;2-1-3/h4-8,11-12,17-19,26,35H,9-10,13-16,20-21H2,1-3H3;1H,(H,2,3). The van der Waals surface area contributed by atoms with Crippen LogP contribution in [0.5, 0.6) is 17.2 Å². The van der Waals surface area contributed by atoms with Gasteiger partial charge >= 0.3 is 0 Å². The third kappa shape index (κ3) is 8.75. The molecule has 0 saturated heterocycles. The summed E-state index contributed by atoms with van der Waals surface area (Å²) in [6.45, 7) is 6.62. The Morgan fingerprint density at radius 1 is 1.02 bits per heavy atom. The molecule has 1 amide bonds. The number of ether oxygens (including phenoxy) is 3. The third-order valence-electron chi connectivity index (χ3n) is 7.57. The molecule has 2 aliphatic rings. The first-order chi connectivity index (χ1) is 20.8. The lowest BCUT2D eigenvalue weighted by atomic mass is 9.93. The Morgan fingerprint density at radius 2 is 1.72 bits per heavy atom. The molecule has 43 heavy (non-hydrogen) atoms. The largest absolute Gasteiger partial charge is 0.497 e. The summed E-state index contributed by atoms with van der Waals surface area (Å²) >= 11 is 6.31. The number of benzene rings is 3. The number of carboxylic acid groups (broad SMARTS) is 1. The zero-order chi connectivity index (χ0) is 30.8. The van der Waals surface area contributed by atoms with Crippen LogP contribution in [0.4, 0.5) is 0 Å². The van der Waals surface area contributed by atoms with E-state index in [-0.39, 0.29) is 12.4 Å². The molecule has 1 aliphatic carbocycles. The van der Waals surface area contributed by atoms with E-state index in [0.717, 1.165) is 70.7 Å². The molecule has 0 aromatic heterocycles. The highest BCUT2D eigenvalue weighted by atomic mass is 35.5. The minimum atomic E-state index is -0.250. The lowest BCUT2D eigenvalue weighted by Gasteiger charge is -2.28. The van der Waals surface area contributed by atoms with Crippen LogP contribution in [0.15, 0.2) is 66.2 Å². The minimum Gasteiger partial charge on any atom is -0.497 e. The van der Waals surface area contributed by atoms with Gasteiger partial charge in [0.05, 0.1) is 12.1 Å². The fraction of sp³-hybridized carbons (Fsp3) is 0.353. The van der Waals surface area contributed by atoms with Crippen molar-refractivity contribution in [1.82, 2.24) is 10.2 Å². The summed E-state index contributed by atoms with van der Waals surface area (Å²) in [5.74, 6) is 2.36. The molecule has 9 heteroatoms. The van der Waals surface area contributed by atoms with Crippen LogP contribution >= 0.6 is 11.6 Å². The van der Waals surface area contributed by atoms with Gasteiger partial charge in [-0.15, -0.1) is 0 Å². The molecule has 0 unspecified atom stereocenters. The Labute approximate surface area is 258 Å². The maximum absolute atomic E-state index is 13.9. The average molecular weight is 607 g/mol. The highest BCUT2D eigenvalue weighted by molar-refractivity contribution is 6.32. The number of aryl methyl sites for hydroxylation is 2. The van der Waals surface area contributed by atoms with E-state index in [1.807, 2.05) is 73.3 Å². The predicted octanol–water partition coefficient (Wildman–Crippen LogP) is 6.06. The fourth-order valence-corrected chi connectivity index (χ4v) is 5.30. The summed E-state index contributed by atoms with van der Waals surface area (Å²) < 4.78 is 17.1. The second kappa shape index (κ2) is 15.5. The Bertz CT molecular complexity index is 1440. The average Bonchev–Trinajstić information content (AvgIpc) is 3.86. The van der Waals surface area contributed by atoms with E-state index in [1.165, 1.54) is 0 Å². The first-order valence-corrected chi connectivity index (χ1v) is 14.8.